The summed E-state index contributed by atoms with van der Waals surface area (Å²) >= 11 is 2.18. The fraction of sp³-hybridized carbons (Fsp3) is 0.455. The smallest absolute Gasteiger partial charge is 0.228 e. The first-order valence-electron chi connectivity index (χ1n) is 5.27. The predicted octanol–water partition coefficient (Wildman–Crippen LogP) is 2.19. The summed E-state index contributed by atoms with van der Waals surface area (Å²) in [5, 5.41) is 2.76. The monoisotopic (exact) mass is 332 g/mol. The van der Waals surface area contributed by atoms with Crippen molar-refractivity contribution in [3.8, 4) is 0 Å². The van der Waals surface area contributed by atoms with Crippen molar-refractivity contribution in [1.29, 1.82) is 0 Å². The Labute approximate surface area is 108 Å². The lowest BCUT2D eigenvalue weighted by atomic mass is 10.2. The number of carbonyl (C=O) groups excluding carboxylic acids is 1. The minimum absolute atomic E-state index is 0.0272. The van der Waals surface area contributed by atoms with E-state index in [1.165, 1.54) is 0 Å². The van der Waals surface area contributed by atoms with Gasteiger partial charge in [-0.2, -0.15) is 0 Å². The molecule has 0 spiro atoms. The lowest BCUT2D eigenvalue weighted by Gasteiger charge is -2.09. The molecule has 2 rings (SSSR count). The molecule has 5 heteroatoms. The van der Waals surface area contributed by atoms with E-state index in [2.05, 4.69) is 32.9 Å². The van der Waals surface area contributed by atoms with Crippen LogP contribution in [0.4, 0.5) is 5.82 Å². The maximum absolute atomic E-state index is 11.6. The summed E-state index contributed by atoms with van der Waals surface area (Å²) in [5.41, 5.74) is 0. The summed E-state index contributed by atoms with van der Waals surface area (Å²) in [6, 6.07) is 3.71. The van der Waals surface area contributed by atoms with Crippen molar-refractivity contribution in [2.45, 2.75) is 25.4 Å². The molecule has 0 aliphatic carbocycles. The molecule has 0 bridgehead atoms. The molecular weight excluding hydrogens is 319 g/mol. The lowest BCUT2D eigenvalue weighted by Crippen LogP contribution is -2.19. The Morgan fingerprint density at radius 2 is 2.50 bits per heavy atom. The van der Waals surface area contributed by atoms with Gasteiger partial charge in [-0.15, -0.1) is 0 Å². The number of aromatic nitrogens is 1. The van der Waals surface area contributed by atoms with Gasteiger partial charge in [0.05, 0.1) is 12.5 Å². The molecule has 4 nitrogen and oxygen atoms in total. The van der Waals surface area contributed by atoms with E-state index >= 15 is 0 Å². The van der Waals surface area contributed by atoms with Crippen molar-refractivity contribution in [3.63, 3.8) is 0 Å². The van der Waals surface area contributed by atoms with Crippen molar-refractivity contribution < 1.29 is 9.53 Å². The minimum atomic E-state index is -0.0272. The zero-order valence-electron chi connectivity index (χ0n) is 8.78. The standard InChI is InChI=1S/C11H13IN2O2/c12-8-3-4-10(13-7-8)14-11(15)6-9-2-1-5-16-9/h3-4,7,9H,1-2,5-6H2,(H,13,14,15). The lowest BCUT2D eigenvalue weighted by molar-refractivity contribution is -0.118. The number of nitrogens with zero attached hydrogens (tertiary/aromatic N) is 1. The average molecular weight is 332 g/mol. The van der Waals surface area contributed by atoms with Crippen LogP contribution < -0.4 is 5.32 Å². The topological polar surface area (TPSA) is 51.2 Å². The van der Waals surface area contributed by atoms with Crippen molar-refractivity contribution in [1.82, 2.24) is 4.98 Å². The summed E-state index contributed by atoms with van der Waals surface area (Å²) in [6.07, 6.45) is 4.27. The Bertz CT molecular complexity index is 361. The van der Waals surface area contributed by atoms with Gasteiger partial charge in [0.1, 0.15) is 5.82 Å². The van der Waals surface area contributed by atoms with E-state index in [9.17, 15) is 4.79 Å². The molecule has 1 aromatic heterocycles. The third kappa shape index (κ3) is 3.41. The van der Waals surface area contributed by atoms with E-state index in [4.69, 9.17) is 4.74 Å². The second-order valence-electron chi connectivity index (χ2n) is 3.75. The van der Waals surface area contributed by atoms with Gasteiger partial charge in [0.15, 0.2) is 0 Å². The van der Waals surface area contributed by atoms with Gasteiger partial charge in [-0.05, 0) is 47.6 Å². The average Bonchev–Trinajstić information content (AvgIpc) is 2.74. The SMILES string of the molecule is O=C(CC1CCCO1)Nc1ccc(I)cn1. The highest BCUT2D eigenvalue weighted by atomic mass is 127. The van der Waals surface area contributed by atoms with Crippen LogP contribution in [0.25, 0.3) is 0 Å². The molecule has 0 saturated carbocycles. The fourth-order valence-corrected chi connectivity index (χ4v) is 1.97. The zero-order valence-corrected chi connectivity index (χ0v) is 10.9. The Morgan fingerprint density at radius 3 is 3.12 bits per heavy atom. The Morgan fingerprint density at radius 1 is 1.62 bits per heavy atom. The molecule has 1 atom stereocenters. The minimum Gasteiger partial charge on any atom is -0.378 e. The zero-order chi connectivity index (χ0) is 11.4. The molecule has 86 valence electrons. The number of ether oxygens (including phenoxy) is 1. The Kier molecular flexibility index (Phi) is 4.11. The van der Waals surface area contributed by atoms with Crippen LogP contribution in [0.5, 0.6) is 0 Å². The van der Waals surface area contributed by atoms with Crippen LogP contribution in [0.2, 0.25) is 0 Å². The number of rotatable bonds is 3. The number of amides is 1. The van der Waals surface area contributed by atoms with Gasteiger partial charge in [-0.3, -0.25) is 4.79 Å². The molecule has 1 aliphatic heterocycles. The van der Waals surface area contributed by atoms with E-state index in [0.717, 1.165) is 23.0 Å². The molecule has 1 fully saturated rings. The number of halogens is 1. The molecule has 1 N–H and O–H groups in total. The first-order chi connectivity index (χ1) is 7.74. The highest BCUT2D eigenvalue weighted by molar-refractivity contribution is 14.1. The van der Waals surface area contributed by atoms with Crippen LogP contribution in [-0.4, -0.2) is 23.6 Å². The van der Waals surface area contributed by atoms with Gasteiger partial charge in [-0.25, -0.2) is 4.98 Å². The van der Waals surface area contributed by atoms with Crippen molar-refractivity contribution in [2.75, 3.05) is 11.9 Å². The first-order valence-corrected chi connectivity index (χ1v) is 6.35. The third-order valence-electron chi connectivity index (χ3n) is 2.43. The van der Waals surface area contributed by atoms with Crippen molar-refractivity contribution >= 4 is 34.3 Å². The van der Waals surface area contributed by atoms with E-state index < -0.39 is 0 Å². The van der Waals surface area contributed by atoms with E-state index in [1.807, 2.05) is 6.07 Å². The Balaban J connectivity index is 1.84. The summed E-state index contributed by atoms with van der Waals surface area (Å²) in [6.45, 7) is 0.778. The fourth-order valence-electron chi connectivity index (χ4n) is 1.66. The summed E-state index contributed by atoms with van der Waals surface area (Å²) in [7, 11) is 0. The second kappa shape index (κ2) is 5.58. The van der Waals surface area contributed by atoms with E-state index in [1.54, 1.807) is 12.3 Å². The third-order valence-corrected chi connectivity index (χ3v) is 3.07. The largest absolute Gasteiger partial charge is 0.378 e. The van der Waals surface area contributed by atoms with Crippen LogP contribution in [0.15, 0.2) is 18.3 Å². The molecule has 1 unspecified atom stereocenters. The van der Waals surface area contributed by atoms with Gasteiger partial charge >= 0.3 is 0 Å². The van der Waals surface area contributed by atoms with E-state index in [-0.39, 0.29) is 12.0 Å². The molecular formula is C11H13IN2O2. The molecule has 0 radical (unpaired) electrons. The van der Waals surface area contributed by atoms with Gasteiger partial charge in [-0.1, -0.05) is 0 Å². The maximum Gasteiger partial charge on any atom is 0.228 e. The summed E-state index contributed by atoms with van der Waals surface area (Å²) in [4.78, 5) is 15.7. The van der Waals surface area contributed by atoms with Gasteiger partial charge in [0.25, 0.3) is 0 Å². The van der Waals surface area contributed by atoms with Crippen LogP contribution in [-0.2, 0) is 9.53 Å². The number of hydrogen-bond donors (Lipinski definition) is 1. The summed E-state index contributed by atoms with van der Waals surface area (Å²) < 4.78 is 6.45. The van der Waals surface area contributed by atoms with Crippen LogP contribution in [0.1, 0.15) is 19.3 Å². The van der Waals surface area contributed by atoms with Gasteiger partial charge < -0.3 is 10.1 Å². The van der Waals surface area contributed by atoms with Crippen LogP contribution in [0.3, 0.4) is 0 Å². The molecule has 0 aromatic carbocycles. The predicted molar refractivity (Wildman–Crippen MR) is 69.2 cm³/mol. The first kappa shape index (κ1) is 11.8. The molecule has 1 aliphatic rings. The van der Waals surface area contributed by atoms with Gasteiger partial charge in [0, 0.05) is 16.4 Å². The second-order valence-corrected chi connectivity index (χ2v) is 4.99. The molecule has 1 aromatic rings. The summed E-state index contributed by atoms with van der Waals surface area (Å²) in [5.74, 6) is 0.573. The van der Waals surface area contributed by atoms with Crippen molar-refractivity contribution in [3.05, 3.63) is 21.9 Å². The Hall–Kier alpha value is -0.690. The highest BCUT2D eigenvalue weighted by Crippen LogP contribution is 2.16. The molecule has 2 heterocycles. The van der Waals surface area contributed by atoms with Gasteiger partial charge in [0.2, 0.25) is 5.91 Å². The normalized spacial score (nSPS) is 19.7. The van der Waals surface area contributed by atoms with Crippen LogP contribution in [0, 0.1) is 3.57 Å². The quantitative estimate of drug-likeness (QED) is 0.864. The number of hydrogen-bond acceptors (Lipinski definition) is 3. The number of nitrogens with one attached hydrogen (secondary N) is 1. The number of pyridine rings is 1. The van der Waals surface area contributed by atoms with Crippen LogP contribution >= 0.6 is 22.6 Å². The maximum atomic E-state index is 11.6. The highest BCUT2D eigenvalue weighted by Gasteiger charge is 2.19. The molecule has 1 amide bonds. The van der Waals surface area contributed by atoms with E-state index in [0.29, 0.717) is 12.2 Å². The van der Waals surface area contributed by atoms with Crippen molar-refractivity contribution in [2.24, 2.45) is 0 Å². The number of anilines is 1. The molecule has 16 heavy (non-hydrogen) atoms. The molecule has 1 saturated heterocycles. The number of carbonyl (C=O) groups is 1.